The zero-order valence-electron chi connectivity index (χ0n) is 17.0. The zero-order chi connectivity index (χ0) is 21.5. The Labute approximate surface area is 181 Å². The topological polar surface area (TPSA) is 55.4 Å². The van der Waals surface area contributed by atoms with Crippen molar-refractivity contribution in [3.63, 3.8) is 0 Å². The predicted molar refractivity (Wildman–Crippen MR) is 120 cm³/mol. The van der Waals surface area contributed by atoms with E-state index in [2.05, 4.69) is 5.32 Å². The molecule has 0 saturated heterocycles. The average Bonchev–Trinajstić information content (AvgIpc) is 2.79. The molecule has 0 aliphatic rings. The summed E-state index contributed by atoms with van der Waals surface area (Å²) < 4.78 is 4.91. The van der Waals surface area contributed by atoms with Gasteiger partial charge in [-0.15, -0.1) is 0 Å². The lowest BCUT2D eigenvalue weighted by Gasteiger charge is -2.21. The molecule has 4 nitrogen and oxygen atoms in total. The van der Waals surface area contributed by atoms with E-state index in [1.807, 2.05) is 73.7 Å². The van der Waals surface area contributed by atoms with Crippen molar-refractivity contribution in [2.45, 2.75) is 25.3 Å². The number of halogens is 1. The van der Waals surface area contributed by atoms with Crippen molar-refractivity contribution < 1.29 is 14.3 Å². The number of carbonyl (C=O) groups excluding carboxylic acids is 2. The number of esters is 1. The van der Waals surface area contributed by atoms with Crippen LogP contribution >= 0.6 is 11.6 Å². The molecule has 0 spiro atoms. The van der Waals surface area contributed by atoms with Crippen molar-refractivity contribution in [3.8, 4) is 11.1 Å². The monoisotopic (exact) mass is 421 g/mol. The minimum absolute atomic E-state index is 0.0817. The third-order valence-corrected chi connectivity index (χ3v) is 5.41. The van der Waals surface area contributed by atoms with Crippen molar-refractivity contribution in [1.82, 2.24) is 5.32 Å². The van der Waals surface area contributed by atoms with E-state index in [0.29, 0.717) is 17.0 Å². The molecular weight excluding hydrogens is 398 g/mol. The van der Waals surface area contributed by atoms with Gasteiger partial charge in [-0.25, -0.2) is 4.79 Å². The van der Waals surface area contributed by atoms with Crippen molar-refractivity contribution >= 4 is 23.5 Å². The summed E-state index contributed by atoms with van der Waals surface area (Å²) in [5.41, 5.74) is 3.38. The van der Waals surface area contributed by atoms with Crippen LogP contribution in [0.3, 0.4) is 0 Å². The van der Waals surface area contributed by atoms with Gasteiger partial charge < -0.3 is 10.1 Å². The van der Waals surface area contributed by atoms with Crippen molar-refractivity contribution in [2.24, 2.45) is 0 Å². The average molecular weight is 422 g/mol. The van der Waals surface area contributed by atoms with Crippen molar-refractivity contribution in [1.29, 1.82) is 0 Å². The van der Waals surface area contributed by atoms with Crippen LogP contribution in [-0.2, 0) is 9.53 Å². The van der Waals surface area contributed by atoms with E-state index >= 15 is 0 Å². The maximum absolute atomic E-state index is 12.8. The lowest BCUT2D eigenvalue weighted by molar-refractivity contribution is -0.143. The highest BCUT2D eigenvalue weighted by atomic mass is 35.5. The first-order valence-electron chi connectivity index (χ1n) is 9.78. The molecule has 0 aliphatic heterocycles. The van der Waals surface area contributed by atoms with Gasteiger partial charge in [-0.2, -0.15) is 0 Å². The van der Waals surface area contributed by atoms with Crippen LogP contribution in [0, 0.1) is 0 Å². The molecule has 3 aromatic rings. The standard InChI is InChI=1S/C25H24ClNO3/c1-17(18-8-4-3-5-9-18)16-23(25(29)30-2)27-24(28)20-14-12-19(13-15-20)21-10-6-7-11-22(21)26/h3-15,17,23H,16H2,1-2H3,(H,27,28)/t17-,23-/m0/s1. The Bertz CT molecular complexity index is 1000. The number of ether oxygens (including phenoxy) is 1. The van der Waals surface area contributed by atoms with Gasteiger partial charge in [-0.05, 0) is 41.7 Å². The minimum Gasteiger partial charge on any atom is -0.467 e. The summed E-state index contributed by atoms with van der Waals surface area (Å²) in [5, 5.41) is 3.46. The van der Waals surface area contributed by atoms with Gasteiger partial charge in [-0.3, -0.25) is 4.79 Å². The Hall–Kier alpha value is -3.11. The fraction of sp³-hybridized carbons (Fsp3) is 0.200. The van der Waals surface area contributed by atoms with E-state index in [9.17, 15) is 9.59 Å². The Morgan fingerprint density at radius 3 is 2.20 bits per heavy atom. The van der Waals surface area contributed by atoms with Crippen LogP contribution in [0.25, 0.3) is 11.1 Å². The normalized spacial score (nSPS) is 12.6. The van der Waals surface area contributed by atoms with Crippen LogP contribution < -0.4 is 5.32 Å². The van der Waals surface area contributed by atoms with Gasteiger partial charge in [0.1, 0.15) is 6.04 Å². The third kappa shape index (κ3) is 5.28. The molecule has 0 fully saturated rings. The van der Waals surface area contributed by atoms with Gasteiger partial charge in [0, 0.05) is 16.1 Å². The zero-order valence-corrected chi connectivity index (χ0v) is 17.7. The van der Waals surface area contributed by atoms with Crippen molar-refractivity contribution in [3.05, 3.63) is 95.0 Å². The highest BCUT2D eigenvalue weighted by molar-refractivity contribution is 6.33. The fourth-order valence-corrected chi connectivity index (χ4v) is 3.61. The number of hydrogen-bond donors (Lipinski definition) is 1. The van der Waals surface area contributed by atoms with Crippen LogP contribution in [0.4, 0.5) is 0 Å². The second-order valence-corrected chi connectivity index (χ2v) is 7.56. The molecule has 3 aromatic carbocycles. The van der Waals surface area contributed by atoms with Gasteiger partial charge in [0.15, 0.2) is 0 Å². The summed E-state index contributed by atoms with van der Waals surface area (Å²) in [5.74, 6) is -0.701. The maximum atomic E-state index is 12.8. The molecule has 3 rings (SSSR count). The first-order valence-corrected chi connectivity index (χ1v) is 10.2. The highest BCUT2D eigenvalue weighted by Crippen LogP contribution is 2.27. The summed E-state index contributed by atoms with van der Waals surface area (Å²) in [4.78, 5) is 25.0. The van der Waals surface area contributed by atoms with E-state index < -0.39 is 12.0 Å². The van der Waals surface area contributed by atoms with Gasteiger partial charge >= 0.3 is 5.97 Å². The number of rotatable bonds is 7. The summed E-state index contributed by atoms with van der Waals surface area (Å²) in [6.07, 6.45) is 0.445. The Morgan fingerprint density at radius 1 is 0.933 bits per heavy atom. The first kappa shape index (κ1) is 21.6. The van der Waals surface area contributed by atoms with Crippen molar-refractivity contribution in [2.75, 3.05) is 7.11 Å². The van der Waals surface area contributed by atoms with E-state index in [4.69, 9.17) is 16.3 Å². The van der Waals surface area contributed by atoms with E-state index in [0.717, 1.165) is 16.7 Å². The molecule has 1 amide bonds. The van der Waals surface area contributed by atoms with Gasteiger partial charge in [0.2, 0.25) is 0 Å². The van der Waals surface area contributed by atoms with Gasteiger partial charge in [0.25, 0.3) is 5.91 Å². The van der Waals surface area contributed by atoms with Crippen LogP contribution in [0.2, 0.25) is 5.02 Å². The number of amides is 1. The Balaban J connectivity index is 1.72. The van der Waals surface area contributed by atoms with Crippen LogP contribution in [-0.4, -0.2) is 25.0 Å². The quantitative estimate of drug-likeness (QED) is 0.514. The van der Waals surface area contributed by atoms with E-state index in [1.54, 1.807) is 12.1 Å². The van der Waals surface area contributed by atoms with Gasteiger partial charge in [-0.1, -0.05) is 79.2 Å². The smallest absolute Gasteiger partial charge is 0.328 e. The number of hydrogen-bond acceptors (Lipinski definition) is 3. The Morgan fingerprint density at radius 2 is 1.57 bits per heavy atom. The fourth-order valence-electron chi connectivity index (χ4n) is 3.37. The number of nitrogens with one attached hydrogen (secondary N) is 1. The van der Waals surface area contributed by atoms with E-state index in [1.165, 1.54) is 7.11 Å². The summed E-state index contributed by atoms with van der Waals surface area (Å²) in [6, 6.07) is 23.8. The molecule has 2 atom stereocenters. The molecule has 0 aliphatic carbocycles. The van der Waals surface area contributed by atoms with Crippen LogP contribution in [0.5, 0.6) is 0 Å². The molecule has 0 radical (unpaired) electrons. The first-order chi connectivity index (χ1) is 14.5. The molecule has 0 saturated carbocycles. The maximum Gasteiger partial charge on any atom is 0.328 e. The molecule has 30 heavy (non-hydrogen) atoms. The molecule has 5 heteroatoms. The molecule has 0 aromatic heterocycles. The second-order valence-electron chi connectivity index (χ2n) is 7.15. The van der Waals surface area contributed by atoms with Gasteiger partial charge in [0.05, 0.1) is 7.11 Å². The van der Waals surface area contributed by atoms with Crippen LogP contribution in [0.1, 0.15) is 35.2 Å². The number of benzene rings is 3. The molecule has 1 N–H and O–H groups in total. The number of carbonyl (C=O) groups is 2. The minimum atomic E-state index is -0.735. The molecule has 0 bridgehead atoms. The summed E-state index contributed by atoms with van der Waals surface area (Å²) >= 11 is 6.25. The largest absolute Gasteiger partial charge is 0.467 e. The second kappa shape index (κ2) is 10.1. The molecule has 0 heterocycles. The molecular formula is C25H24ClNO3. The predicted octanol–water partition coefficient (Wildman–Crippen LogP) is 5.47. The third-order valence-electron chi connectivity index (χ3n) is 5.08. The molecule has 154 valence electrons. The van der Waals surface area contributed by atoms with E-state index in [-0.39, 0.29) is 11.8 Å². The lowest BCUT2D eigenvalue weighted by atomic mass is 9.93. The summed E-state index contributed by atoms with van der Waals surface area (Å²) in [7, 11) is 1.33. The highest BCUT2D eigenvalue weighted by Gasteiger charge is 2.25. The van der Waals surface area contributed by atoms with Crippen LogP contribution in [0.15, 0.2) is 78.9 Å². The molecule has 0 unspecified atom stereocenters. The number of methoxy groups -OCH3 is 1. The SMILES string of the molecule is COC(=O)[C@H](C[C@H](C)c1ccccc1)NC(=O)c1ccc(-c2ccccc2Cl)cc1. The Kier molecular flexibility index (Phi) is 7.26. The lowest BCUT2D eigenvalue weighted by Crippen LogP contribution is -2.42. The summed E-state index contributed by atoms with van der Waals surface area (Å²) in [6.45, 7) is 2.02.